The fourth-order valence-corrected chi connectivity index (χ4v) is 4.02. The van der Waals surface area contributed by atoms with E-state index in [4.69, 9.17) is 15.1 Å². The Labute approximate surface area is 192 Å². The second-order valence-electron chi connectivity index (χ2n) is 7.89. The van der Waals surface area contributed by atoms with Crippen molar-refractivity contribution in [1.29, 1.82) is 5.26 Å². The number of carbonyl (C=O) groups is 1. The molecule has 0 unspecified atom stereocenters. The number of aliphatic carboxylic acids is 1. The molecule has 1 aliphatic rings. The fourth-order valence-electron chi connectivity index (χ4n) is 4.02. The highest BCUT2D eigenvalue weighted by atomic mass is 16.5. The number of pyridine rings is 2. The molecule has 3 heterocycles. The third-order valence-corrected chi connectivity index (χ3v) is 5.67. The van der Waals surface area contributed by atoms with Crippen LogP contribution in [0, 0.1) is 18.3 Å². The summed E-state index contributed by atoms with van der Waals surface area (Å²) in [5.74, 6) is 0.488. The van der Waals surface area contributed by atoms with Gasteiger partial charge in [-0.3, -0.25) is 4.90 Å². The molecular formula is C25H25N5O3. The summed E-state index contributed by atoms with van der Waals surface area (Å²) < 4.78 is 5.44. The molecule has 0 spiro atoms. The first-order valence-corrected chi connectivity index (χ1v) is 10.8. The van der Waals surface area contributed by atoms with Gasteiger partial charge in [0.15, 0.2) is 6.61 Å². The van der Waals surface area contributed by atoms with Crippen molar-refractivity contribution in [3.8, 4) is 22.9 Å². The summed E-state index contributed by atoms with van der Waals surface area (Å²) in [5, 5.41) is 18.1. The van der Waals surface area contributed by atoms with E-state index < -0.39 is 5.97 Å². The number of ether oxygens (including phenoxy) is 1. The summed E-state index contributed by atoms with van der Waals surface area (Å²) in [6.07, 6.45) is 1.81. The van der Waals surface area contributed by atoms with Gasteiger partial charge in [0, 0.05) is 50.2 Å². The molecule has 0 aliphatic carbocycles. The molecule has 2 aromatic heterocycles. The Bertz CT molecular complexity index is 1170. The number of anilines is 1. The smallest absolute Gasteiger partial charge is 0.341 e. The van der Waals surface area contributed by atoms with Gasteiger partial charge in [0.2, 0.25) is 0 Å². The fraction of sp³-hybridized carbons (Fsp3) is 0.280. The summed E-state index contributed by atoms with van der Waals surface area (Å²) in [7, 11) is 0. The molecule has 0 amide bonds. The molecule has 1 aromatic carbocycles. The van der Waals surface area contributed by atoms with Crippen LogP contribution < -0.4 is 9.64 Å². The van der Waals surface area contributed by atoms with Crippen LogP contribution in [0.5, 0.6) is 5.75 Å². The quantitative estimate of drug-likeness (QED) is 0.594. The summed E-state index contributed by atoms with van der Waals surface area (Å²) in [6, 6.07) is 17.3. The summed E-state index contributed by atoms with van der Waals surface area (Å²) in [5.41, 5.74) is 4.12. The van der Waals surface area contributed by atoms with Crippen LogP contribution in [0.1, 0.15) is 17.0 Å². The van der Waals surface area contributed by atoms with Gasteiger partial charge in [0.25, 0.3) is 0 Å². The van der Waals surface area contributed by atoms with E-state index >= 15 is 0 Å². The maximum Gasteiger partial charge on any atom is 0.341 e. The standard InChI is InChI=1S/C25H25N5O3/c1-18-22(7-5-20(15-26)28-18)23-8-6-21(33-17-25(31)32)14-19(23)16-29-10-12-30(13-11-29)24-4-2-3-9-27-24/h2-9,14H,10-13,16-17H2,1H3,(H,31,32). The van der Waals surface area contributed by atoms with Crippen molar-refractivity contribution < 1.29 is 14.6 Å². The molecule has 3 aromatic rings. The van der Waals surface area contributed by atoms with Crippen molar-refractivity contribution in [2.75, 3.05) is 37.7 Å². The lowest BCUT2D eigenvalue weighted by Gasteiger charge is -2.35. The van der Waals surface area contributed by atoms with Gasteiger partial charge >= 0.3 is 5.97 Å². The first kappa shape index (κ1) is 22.2. The van der Waals surface area contributed by atoms with Gasteiger partial charge < -0.3 is 14.7 Å². The highest BCUT2D eigenvalue weighted by molar-refractivity contribution is 5.71. The highest BCUT2D eigenvalue weighted by Crippen LogP contribution is 2.31. The molecule has 1 saturated heterocycles. The first-order valence-electron chi connectivity index (χ1n) is 10.8. The highest BCUT2D eigenvalue weighted by Gasteiger charge is 2.20. The number of benzene rings is 1. The zero-order valence-electron chi connectivity index (χ0n) is 18.4. The Morgan fingerprint density at radius 2 is 1.91 bits per heavy atom. The monoisotopic (exact) mass is 443 g/mol. The third-order valence-electron chi connectivity index (χ3n) is 5.67. The number of aryl methyl sites for hydroxylation is 1. The van der Waals surface area contributed by atoms with Crippen molar-refractivity contribution in [2.24, 2.45) is 0 Å². The summed E-state index contributed by atoms with van der Waals surface area (Å²) in [6.45, 7) is 5.69. The van der Waals surface area contributed by atoms with Crippen molar-refractivity contribution in [3.63, 3.8) is 0 Å². The average Bonchev–Trinajstić information content (AvgIpc) is 2.84. The maximum absolute atomic E-state index is 10.9. The molecule has 1 aliphatic heterocycles. The van der Waals surface area contributed by atoms with Gasteiger partial charge in [0.1, 0.15) is 23.3 Å². The van der Waals surface area contributed by atoms with Crippen molar-refractivity contribution in [2.45, 2.75) is 13.5 Å². The van der Waals surface area contributed by atoms with Crippen molar-refractivity contribution >= 4 is 11.8 Å². The van der Waals surface area contributed by atoms with E-state index in [0.717, 1.165) is 54.4 Å². The number of nitriles is 1. The average molecular weight is 444 g/mol. The van der Waals surface area contributed by atoms with Crippen LogP contribution in [-0.2, 0) is 11.3 Å². The van der Waals surface area contributed by atoms with Crippen LogP contribution in [0.2, 0.25) is 0 Å². The minimum atomic E-state index is -1.02. The van der Waals surface area contributed by atoms with Crippen LogP contribution in [-0.4, -0.2) is 58.7 Å². The molecule has 0 bridgehead atoms. The van der Waals surface area contributed by atoms with E-state index in [1.54, 1.807) is 12.1 Å². The van der Waals surface area contributed by atoms with E-state index in [9.17, 15) is 4.79 Å². The Balaban J connectivity index is 1.56. The van der Waals surface area contributed by atoms with Crippen LogP contribution in [0.3, 0.4) is 0 Å². The van der Waals surface area contributed by atoms with E-state index in [-0.39, 0.29) is 6.61 Å². The minimum Gasteiger partial charge on any atom is -0.482 e. The largest absolute Gasteiger partial charge is 0.482 e. The second kappa shape index (κ2) is 10.1. The van der Waals surface area contributed by atoms with E-state index in [2.05, 4.69) is 25.8 Å². The van der Waals surface area contributed by atoms with Crippen LogP contribution in [0.4, 0.5) is 5.82 Å². The zero-order chi connectivity index (χ0) is 23.2. The first-order chi connectivity index (χ1) is 16.0. The number of carboxylic acid groups (broad SMARTS) is 1. The maximum atomic E-state index is 10.9. The molecule has 33 heavy (non-hydrogen) atoms. The number of nitrogens with zero attached hydrogens (tertiary/aromatic N) is 5. The summed E-state index contributed by atoms with van der Waals surface area (Å²) >= 11 is 0. The molecule has 8 heteroatoms. The molecule has 8 nitrogen and oxygen atoms in total. The topological polar surface area (TPSA) is 103 Å². The molecule has 4 rings (SSSR count). The second-order valence-corrected chi connectivity index (χ2v) is 7.89. The predicted octanol–water partition coefficient (Wildman–Crippen LogP) is 3.11. The molecule has 168 valence electrons. The molecule has 0 radical (unpaired) electrons. The van der Waals surface area contributed by atoms with Gasteiger partial charge in [-0.05, 0) is 54.4 Å². The number of piperazine rings is 1. The summed E-state index contributed by atoms with van der Waals surface area (Å²) in [4.78, 5) is 24.4. The van der Waals surface area contributed by atoms with Crippen molar-refractivity contribution in [1.82, 2.24) is 14.9 Å². The molecule has 1 N–H and O–H groups in total. The SMILES string of the molecule is Cc1nc(C#N)ccc1-c1ccc(OCC(=O)O)cc1CN1CCN(c2ccccn2)CC1. The lowest BCUT2D eigenvalue weighted by Crippen LogP contribution is -2.46. The number of carboxylic acids is 1. The Morgan fingerprint density at radius 3 is 2.58 bits per heavy atom. The molecule has 1 fully saturated rings. The van der Waals surface area contributed by atoms with Gasteiger partial charge in [-0.15, -0.1) is 0 Å². The van der Waals surface area contributed by atoms with Gasteiger partial charge in [-0.1, -0.05) is 12.1 Å². The third kappa shape index (κ3) is 5.45. The van der Waals surface area contributed by atoms with Crippen LogP contribution >= 0.6 is 0 Å². The molecule has 0 atom stereocenters. The Hall–Kier alpha value is -3.96. The van der Waals surface area contributed by atoms with E-state index in [0.29, 0.717) is 18.0 Å². The van der Waals surface area contributed by atoms with Crippen LogP contribution in [0.15, 0.2) is 54.7 Å². The Morgan fingerprint density at radius 1 is 1.12 bits per heavy atom. The van der Waals surface area contributed by atoms with Crippen molar-refractivity contribution in [3.05, 3.63) is 71.7 Å². The molecular weight excluding hydrogens is 418 g/mol. The number of aromatic nitrogens is 2. The lowest BCUT2D eigenvalue weighted by molar-refractivity contribution is -0.139. The number of hydrogen-bond donors (Lipinski definition) is 1. The van der Waals surface area contributed by atoms with Gasteiger partial charge in [0.05, 0.1) is 0 Å². The number of hydrogen-bond acceptors (Lipinski definition) is 7. The minimum absolute atomic E-state index is 0.379. The van der Waals surface area contributed by atoms with E-state index in [1.807, 2.05) is 49.5 Å². The normalized spacial score (nSPS) is 14.0. The lowest BCUT2D eigenvalue weighted by atomic mass is 9.97. The zero-order valence-corrected chi connectivity index (χ0v) is 18.4. The van der Waals surface area contributed by atoms with Gasteiger partial charge in [-0.2, -0.15) is 5.26 Å². The van der Waals surface area contributed by atoms with E-state index in [1.165, 1.54) is 0 Å². The van der Waals surface area contributed by atoms with Gasteiger partial charge in [-0.25, -0.2) is 14.8 Å². The van der Waals surface area contributed by atoms with Crippen LogP contribution in [0.25, 0.3) is 11.1 Å². The predicted molar refractivity (Wildman–Crippen MR) is 124 cm³/mol. The Kier molecular flexibility index (Phi) is 6.81. The molecule has 0 saturated carbocycles. The number of rotatable bonds is 7.